The Morgan fingerprint density at radius 2 is 1.74 bits per heavy atom. The van der Waals surface area contributed by atoms with E-state index in [2.05, 4.69) is 52.4 Å². The summed E-state index contributed by atoms with van der Waals surface area (Å²) in [5.74, 6) is 1.68. The molecule has 5 heteroatoms. The van der Waals surface area contributed by atoms with Crippen LogP contribution in [0.1, 0.15) is 36.8 Å². The molecule has 1 N–H and O–H groups in total. The Balaban J connectivity index is 1.22. The average Bonchev–Trinajstić information content (AvgIpc) is 3.32. The third-order valence-electron chi connectivity index (χ3n) is 6.71. The minimum atomic E-state index is 0.0885. The van der Waals surface area contributed by atoms with Gasteiger partial charge in [-0.15, -0.1) is 0 Å². The van der Waals surface area contributed by atoms with Crippen LogP contribution in [0.15, 0.2) is 42.5 Å². The minimum absolute atomic E-state index is 0.0885. The Labute approximate surface area is 186 Å². The van der Waals surface area contributed by atoms with E-state index in [-0.39, 0.29) is 5.91 Å². The molecule has 5 nitrogen and oxygen atoms in total. The molecule has 0 atom stereocenters. The molecule has 2 saturated heterocycles. The summed E-state index contributed by atoms with van der Waals surface area (Å²) < 4.78 is 5.24. The maximum atomic E-state index is 12.6. The van der Waals surface area contributed by atoms with Gasteiger partial charge in [0.2, 0.25) is 5.91 Å². The molecule has 0 aliphatic carbocycles. The van der Waals surface area contributed by atoms with E-state index >= 15 is 0 Å². The Bertz CT molecular complexity index is 867. The number of benzene rings is 2. The number of rotatable bonds is 7. The van der Waals surface area contributed by atoms with Gasteiger partial charge < -0.3 is 15.0 Å². The van der Waals surface area contributed by atoms with Crippen LogP contribution < -0.4 is 15.0 Å². The van der Waals surface area contributed by atoms with E-state index < -0.39 is 0 Å². The Kier molecular flexibility index (Phi) is 7.13. The van der Waals surface area contributed by atoms with Crippen molar-refractivity contribution in [2.45, 2.75) is 39.0 Å². The number of nitrogens with one attached hydrogen (secondary N) is 1. The molecule has 0 saturated carbocycles. The highest BCUT2D eigenvalue weighted by atomic mass is 16.5. The van der Waals surface area contributed by atoms with Crippen LogP contribution in [0.3, 0.4) is 0 Å². The number of piperidine rings is 1. The lowest BCUT2D eigenvalue weighted by molar-refractivity contribution is -0.117. The number of likely N-dealkylation sites (tertiary alicyclic amines) is 1. The molecule has 0 bridgehead atoms. The Morgan fingerprint density at radius 3 is 2.39 bits per heavy atom. The lowest BCUT2D eigenvalue weighted by Crippen LogP contribution is -2.39. The van der Waals surface area contributed by atoms with Crippen LogP contribution in [0, 0.1) is 12.8 Å². The van der Waals surface area contributed by atoms with Gasteiger partial charge in [-0.3, -0.25) is 9.69 Å². The molecule has 2 aromatic rings. The van der Waals surface area contributed by atoms with Crippen molar-refractivity contribution in [1.82, 2.24) is 4.90 Å². The van der Waals surface area contributed by atoms with Crippen LogP contribution in [-0.2, 0) is 11.2 Å². The van der Waals surface area contributed by atoms with Crippen molar-refractivity contribution in [3.05, 3.63) is 53.6 Å². The van der Waals surface area contributed by atoms with Crippen LogP contribution >= 0.6 is 0 Å². The first kappa shape index (κ1) is 21.7. The topological polar surface area (TPSA) is 44.8 Å². The van der Waals surface area contributed by atoms with E-state index in [1.54, 1.807) is 7.11 Å². The predicted octanol–water partition coefficient (Wildman–Crippen LogP) is 4.50. The summed E-state index contributed by atoms with van der Waals surface area (Å²) in [5.41, 5.74) is 4.70. The van der Waals surface area contributed by atoms with Gasteiger partial charge >= 0.3 is 0 Å². The van der Waals surface area contributed by atoms with Crippen molar-refractivity contribution in [1.29, 1.82) is 0 Å². The zero-order chi connectivity index (χ0) is 21.6. The minimum Gasteiger partial charge on any atom is -0.497 e. The van der Waals surface area contributed by atoms with Crippen LogP contribution in [0.5, 0.6) is 5.75 Å². The molecule has 2 heterocycles. The summed E-state index contributed by atoms with van der Waals surface area (Å²) >= 11 is 0. The van der Waals surface area contributed by atoms with Gasteiger partial charge in [0.05, 0.1) is 13.7 Å². The molecule has 2 fully saturated rings. The van der Waals surface area contributed by atoms with E-state index in [9.17, 15) is 4.79 Å². The first-order valence-corrected chi connectivity index (χ1v) is 11.6. The molecule has 0 aromatic heterocycles. The highest BCUT2D eigenvalue weighted by Crippen LogP contribution is 2.26. The van der Waals surface area contributed by atoms with Gasteiger partial charge in [-0.05, 0) is 99.5 Å². The zero-order valence-electron chi connectivity index (χ0n) is 18.9. The molecule has 4 rings (SSSR count). The molecule has 2 aliphatic heterocycles. The van der Waals surface area contributed by atoms with Crippen LogP contribution in [-0.4, -0.2) is 50.6 Å². The van der Waals surface area contributed by atoms with Crippen LogP contribution in [0.2, 0.25) is 0 Å². The summed E-state index contributed by atoms with van der Waals surface area (Å²) in [6, 6.07) is 14.8. The number of amides is 1. The molecule has 2 aromatic carbocycles. The summed E-state index contributed by atoms with van der Waals surface area (Å²) in [5, 5.41) is 3.13. The fraction of sp³-hybridized carbons (Fsp3) is 0.500. The summed E-state index contributed by atoms with van der Waals surface area (Å²) in [7, 11) is 1.70. The second kappa shape index (κ2) is 10.2. The average molecular weight is 422 g/mol. The molecule has 166 valence electrons. The molecular weight excluding hydrogens is 386 g/mol. The van der Waals surface area contributed by atoms with Gasteiger partial charge in [-0.25, -0.2) is 0 Å². The molecule has 0 unspecified atom stereocenters. The van der Waals surface area contributed by atoms with Crippen LogP contribution in [0.25, 0.3) is 0 Å². The number of ether oxygens (including phenoxy) is 1. The predicted molar refractivity (Wildman–Crippen MR) is 127 cm³/mol. The summed E-state index contributed by atoms with van der Waals surface area (Å²) in [6.45, 7) is 6.81. The maximum Gasteiger partial charge on any atom is 0.238 e. The number of aryl methyl sites for hydroxylation is 1. The number of hydrogen-bond acceptors (Lipinski definition) is 4. The lowest BCUT2D eigenvalue weighted by Gasteiger charge is -2.31. The molecular formula is C26H35N3O2. The van der Waals surface area contributed by atoms with E-state index in [0.717, 1.165) is 62.4 Å². The molecule has 0 spiro atoms. The Hall–Kier alpha value is -2.53. The number of carbonyl (C=O) groups excluding carboxylic acids is 1. The second-order valence-corrected chi connectivity index (χ2v) is 9.01. The van der Waals surface area contributed by atoms with Crippen LogP contribution in [0.4, 0.5) is 11.4 Å². The fourth-order valence-corrected chi connectivity index (χ4v) is 4.80. The Morgan fingerprint density at radius 1 is 1.03 bits per heavy atom. The van der Waals surface area contributed by atoms with Gasteiger partial charge in [-0.1, -0.05) is 12.1 Å². The molecule has 1 amide bonds. The highest BCUT2D eigenvalue weighted by Gasteiger charge is 2.21. The number of nitrogens with zero attached hydrogens (tertiary/aromatic N) is 2. The third-order valence-corrected chi connectivity index (χ3v) is 6.71. The van der Waals surface area contributed by atoms with E-state index in [4.69, 9.17) is 4.74 Å². The number of carbonyl (C=O) groups is 1. The summed E-state index contributed by atoms with van der Waals surface area (Å²) in [4.78, 5) is 17.3. The van der Waals surface area contributed by atoms with Gasteiger partial charge in [-0.2, -0.15) is 0 Å². The molecule has 2 aliphatic rings. The smallest absolute Gasteiger partial charge is 0.238 e. The normalized spacial score (nSPS) is 17.7. The van der Waals surface area contributed by atoms with Crippen molar-refractivity contribution < 1.29 is 9.53 Å². The van der Waals surface area contributed by atoms with Gasteiger partial charge in [0, 0.05) is 24.5 Å². The van der Waals surface area contributed by atoms with E-state index in [0.29, 0.717) is 12.5 Å². The van der Waals surface area contributed by atoms with E-state index in [1.165, 1.54) is 24.1 Å². The highest BCUT2D eigenvalue weighted by molar-refractivity contribution is 5.93. The largest absolute Gasteiger partial charge is 0.497 e. The van der Waals surface area contributed by atoms with Crippen molar-refractivity contribution in [3.8, 4) is 5.75 Å². The van der Waals surface area contributed by atoms with Crippen molar-refractivity contribution in [3.63, 3.8) is 0 Å². The van der Waals surface area contributed by atoms with Gasteiger partial charge in [0.15, 0.2) is 0 Å². The quantitative estimate of drug-likeness (QED) is 0.715. The fourth-order valence-electron chi connectivity index (χ4n) is 4.80. The van der Waals surface area contributed by atoms with Crippen molar-refractivity contribution in [2.24, 2.45) is 5.92 Å². The molecule has 31 heavy (non-hydrogen) atoms. The lowest BCUT2D eigenvalue weighted by atomic mass is 9.90. The van der Waals surface area contributed by atoms with Gasteiger partial charge in [0.1, 0.15) is 5.75 Å². The third kappa shape index (κ3) is 5.79. The van der Waals surface area contributed by atoms with Crippen molar-refractivity contribution >= 4 is 17.3 Å². The first-order chi connectivity index (χ1) is 15.1. The number of hydrogen-bond donors (Lipinski definition) is 1. The first-order valence-electron chi connectivity index (χ1n) is 11.6. The van der Waals surface area contributed by atoms with Crippen molar-refractivity contribution in [2.75, 3.05) is 50.1 Å². The SMILES string of the molecule is COc1ccc(CC2CCN(CC(=O)Nc3ccc(N4CCCC4)cc3C)CC2)cc1. The summed E-state index contributed by atoms with van der Waals surface area (Å²) in [6.07, 6.45) is 5.93. The standard InChI is InChI=1S/C26H35N3O2/c1-20-17-23(29-13-3-4-14-29)7-10-25(20)27-26(30)19-28-15-11-22(12-16-28)18-21-5-8-24(31-2)9-6-21/h5-10,17,22H,3-4,11-16,18-19H2,1-2H3,(H,27,30). The second-order valence-electron chi connectivity index (χ2n) is 9.01. The maximum absolute atomic E-state index is 12.6. The zero-order valence-corrected chi connectivity index (χ0v) is 18.9. The van der Waals surface area contributed by atoms with Gasteiger partial charge in [0.25, 0.3) is 0 Å². The number of methoxy groups -OCH3 is 1. The number of anilines is 2. The van der Waals surface area contributed by atoms with E-state index in [1.807, 2.05) is 12.1 Å². The molecule has 0 radical (unpaired) electrons. The monoisotopic (exact) mass is 421 g/mol.